The van der Waals surface area contributed by atoms with Crippen LogP contribution in [0.1, 0.15) is 5.56 Å². The summed E-state index contributed by atoms with van der Waals surface area (Å²) in [5.41, 5.74) is 12.8. The summed E-state index contributed by atoms with van der Waals surface area (Å²) in [6.45, 7) is 0. The van der Waals surface area contributed by atoms with Crippen LogP contribution in [0, 0.1) is 0 Å². The Labute approximate surface area is 227 Å². The number of hydrogen-bond acceptors (Lipinski definition) is 5. The zero-order valence-corrected chi connectivity index (χ0v) is 21.2. The summed E-state index contributed by atoms with van der Waals surface area (Å²) in [4.78, 5) is 9.72. The van der Waals surface area contributed by atoms with Crippen LogP contribution in [0.5, 0.6) is 0 Å². The molecule has 6 nitrogen and oxygen atoms in total. The molecule has 40 heavy (non-hydrogen) atoms. The number of hydrazine groups is 1. The van der Waals surface area contributed by atoms with Gasteiger partial charge >= 0.3 is 0 Å². The highest BCUT2D eigenvalue weighted by atomic mass is 16.3. The van der Waals surface area contributed by atoms with Crippen molar-refractivity contribution in [3.63, 3.8) is 0 Å². The Bertz CT molecular complexity index is 2450. The highest BCUT2D eigenvalue weighted by Crippen LogP contribution is 2.35. The van der Waals surface area contributed by atoms with Gasteiger partial charge in [-0.05, 0) is 41.1 Å². The number of fused-ring (bicyclic) bond motifs is 8. The van der Waals surface area contributed by atoms with Gasteiger partial charge in [0.25, 0.3) is 0 Å². The minimum absolute atomic E-state index is 0.775. The number of nitrogens with zero attached hydrogens (tertiary/aromatic N) is 3. The third-order valence-corrected chi connectivity index (χ3v) is 7.90. The highest BCUT2D eigenvalue weighted by molar-refractivity contribution is 6.14. The van der Waals surface area contributed by atoms with Crippen molar-refractivity contribution in [2.45, 2.75) is 0 Å². The third-order valence-electron chi connectivity index (χ3n) is 7.90. The third kappa shape index (κ3) is 2.87. The minimum Gasteiger partial charge on any atom is -0.456 e. The molecule has 2 N–H and O–H groups in total. The lowest BCUT2D eigenvalue weighted by Crippen LogP contribution is -2.51. The van der Waals surface area contributed by atoms with Crippen molar-refractivity contribution in [3.8, 4) is 0 Å². The Kier molecular flexibility index (Phi) is 4.24. The molecular weight excluding hydrogens is 494 g/mol. The van der Waals surface area contributed by atoms with Gasteiger partial charge in [0.2, 0.25) is 0 Å². The zero-order chi connectivity index (χ0) is 26.2. The van der Waals surface area contributed by atoms with Crippen LogP contribution in [0.25, 0.3) is 66.0 Å². The molecule has 0 saturated heterocycles. The Morgan fingerprint density at radius 3 is 2.20 bits per heavy atom. The van der Waals surface area contributed by atoms with E-state index in [1.165, 1.54) is 21.5 Å². The molecule has 6 heteroatoms. The van der Waals surface area contributed by atoms with Crippen molar-refractivity contribution >= 4 is 66.0 Å². The van der Waals surface area contributed by atoms with Crippen molar-refractivity contribution < 1.29 is 4.42 Å². The highest BCUT2D eigenvalue weighted by Gasteiger charge is 2.22. The number of rotatable bonds is 2. The van der Waals surface area contributed by atoms with Crippen molar-refractivity contribution in [3.05, 3.63) is 132 Å². The molecule has 0 spiro atoms. The van der Waals surface area contributed by atoms with E-state index < -0.39 is 0 Å². The Morgan fingerprint density at radius 1 is 0.575 bits per heavy atom. The molecule has 0 saturated carbocycles. The number of benzene rings is 5. The fourth-order valence-electron chi connectivity index (χ4n) is 6.17. The smallest absolute Gasteiger partial charge is 0.158 e. The van der Waals surface area contributed by atoms with E-state index in [0.29, 0.717) is 0 Å². The largest absolute Gasteiger partial charge is 0.456 e. The molecule has 0 radical (unpaired) electrons. The zero-order valence-electron chi connectivity index (χ0n) is 21.2. The van der Waals surface area contributed by atoms with Crippen molar-refractivity contribution in [2.75, 3.05) is 0 Å². The lowest BCUT2D eigenvalue weighted by atomic mass is 10.0. The van der Waals surface area contributed by atoms with Crippen LogP contribution < -0.4 is 21.5 Å². The molecular formula is C34H21N5O. The molecule has 8 aromatic rings. The van der Waals surface area contributed by atoms with Crippen LogP contribution in [0.3, 0.4) is 0 Å². The van der Waals surface area contributed by atoms with Gasteiger partial charge in [-0.15, -0.1) is 0 Å². The first-order valence-corrected chi connectivity index (χ1v) is 13.3. The van der Waals surface area contributed by atoms with Crippen LogP contribution >= 0.6 is 0 Å². The summed E-state index contributed by atoms with van der Waals surface area (Å²) in [6, 6.07) is 35.8. The summed E-state index contributed by atoms with van der Waals surface area (Å²) >= 11 is 0. The summed E-state index contributed by atoms with van der Waals surface area (Å²) in [6.07, 6.45) is 3.50. The summed E-state index contributed by atoms with van der Waals surface area (Å²) in [5, 5.41) is 8.45. The fourth-order valence-corrected chi connectivity index (χ4v) is 6.17. The van der Waals surface area contributed by atoms with E-state index in [1.807, 2.05) is 30.3 Å². The second-order valence-corrected chi connectivity index (χ2v) is 10.1. The number of furan rings is 1. The lowest BCUT2D eigenvalue weighted by Gasteiger charge is -2.22. The van der Waals surface area contributed by atoms with E-state index in [2.05, 4.69) is 88.2 Å². The molecule has 0 atom stereocenters. The number of aromatic nitrogens is 3. The van der Waals surface area contributed by atoms with Gasteiger partial charge in [0.15, 0.2) is 5.82 Å². The van der Waals surface area contributed by atoms with Crippen LogP contribution in [0.4, 0.5) is 0 Å². The summed E-state index contributed by atoms with van der Waals surface area (Å²) < 4.78 is 8.43. The van der Waals surface area contributed by atoms with Gasteiger partial charge in [0.1, 0.15) is 21.9 Å². The molecule has 0 amide bonds. The number of para-hydroxylation sites is 2. The van der Waals surface area contributed by atoms with E-state index in [-0.39, 0.29) is 0 Å². The maximum absolute atomic E-state index is 6.18. The van der Waals surface area contributed by atoms with E-state index in [0.717, 1.165) is 60.8 Å². The maximum atomic E-state index is 6.18. The maximum Gasteiger partial charge on any atom is 0.158 e. The van der Waals surface area contributed by atoms with Crippen LogP contribution in [-0.4, -0.2) is 14.5 Å². The first-order valence-electron chi connectivity index (χ1n) is 13.3. The number of nitrogens with one attached hydrogen (secondary N) is 2. The lowest BCUT2D eigenvalue weighted by molar-refractivity contribution is 0.668. The Balaban J connectivity index is 1.42. The summed E-state index contributed by atoms with van der Waals surface area (Å²) in [5.74, 6) is 0.831. The van der Waals surface area contributed by atoms with Gasteiger partial charge in [0, 0.05) is 39.5 Å². The van der Waals surface area contributed by atoms with E-state index in [9.17, 15) is 0 Å². The molecule has 4 heterocycles. The van der Waals surface area contributed by atoms with Crippen molar-refractivity contribution in [1.82, 2.24) is 25.4 Å². The van der Waals surface area contributed by atoms with E-state index in [1.54, 1.807) is 12.4 Å². The van der Waals surface area contributed by atoms with Gasteiger partial charge in [-0.1, -0.05) is 72.8 Å². The standard InChI is InChI=1S/C34H21N5O/c1-2-9-21-19-27-25(18-20(21)8-1)22-10-3-5-13-26(22)39(27)34-33-32(35-16-17-36-33)31(37-38-34)24-12-7-15-29-30(24)23-11-4-6-14-28(23)40-29/h1-19,37-38H. The Morgan fingerprint density at radius 2 is 1.30 bits per heavy atom. The minimum atomic E-state index is 0.775. The predicted octanol–water partition coefficient (Wildman–Crippen LogP) is 5.52. The van der Waals surface area contributed by atoms with Gasteiger partial charge in [-0.25, -0.2) is 4.98 Å². The van der Waals surface area contributed by atoms with Gasteiger partial charge in [0.05, 0.1) is 16.7 Å². The van der Waals surface area contributed by atoms with Crippen molar-refractivity contribution in [1.29, 1.82) is 0 Å². The molecule has 3 aromatic heterocycles. The average Bonchev–Trinajstić information content (AvgIpc) is 3.55. The van der Waals surface area contributed by atoms with E-state index >= 15 is 0 Å². The van der Waals surface area contributed by atoms with Gasteiger partial charge in [-0.2, -0.15) is 0 Å². The molecule has 1 aliphatic rings. The Hall–Kier alpha value is -5.62. The van der Waals surface area contributed by atoms with E-state index in [4.69, 9.17) is 14.4 Å². The first-order chi connectivity index (χ1) is 19.8. The topological polar surface area (TPSA) is 67.9 Å². The molecule has 0 bridgehead atoms. The molecule has 0 unspecified atom stereocenters. The monoisotopic (exact) mass is 515 g/mol. The molecule has 0 aliphatic carbocycles. The quantitative estimate of drug-likeness (QED) is 0.318. The predicted molar refractivity (Wildman–Crippen MR) is 160 cm³/mol. The average molecular weight is 516 g/mol. The van der Waals surface area contributed by atoms with Crippen LogP contribution in [-0.2, 0) is 0 Å². The van der Waals surface area contributed by atoms with Crippen molar-refractivity contribution in [2.24, 2.45) is 0 Å². The molecule has 5 aromatic carbocycles. The SMILES string of the molecule is c1ccc2cc3c(cc2c1)c1ccccc1n3C1=c2nccnc2=C(c2cccc3oc4ccccc4c23)NN1. The normalized spacial score (nSPS) is 13.3. The molecule has 9 rings (SSSR count). The van der Waals surface area contributed by atoms with Gasteiger partial charge in [-0.3, -0.25) is 20.4 Å². The van der Waals surface area contributed by atoms with Crippen LogP contribution in [0.15, 0.2) is 120 Å². The summed E-state index contributed by atoms with van der Waals surface area (Å²) in [7, 11) is 0. The van der Waals surface area contributed by atoms with Crippen LogP contribution in [0.2, 0.25) is 0 Å². The first kappa shape index (κ1) is 21.3. The second kappa shape index (κ2) is 7.94. The number of hydrogen-bond donors (Lipinski definition) is 2. The molecule has 188 valence electrons. The fraction of sp³-hybridized carbons (Fsp3) is 0. The molecule has 0 fully saturated rings. The van der Waals surface area contributed by atoms with Gasteiger partial charge < -0.3 is 4.42 Å². The molecule has 1 aliphatic heterocycles. The second-order valence-electron chi connectivity index (χ2n) is 10.1.